The molecule has 1 aliphatic heterocycles. The molecule has 0 spiro atoms. The third-order valence-electron chi connectivity index (χ3n) is 1.69. The fraction of sp³-hybridized carbons (Fsp3) is 0.333. The zero-order chi connectivity index (χ0) is 12.3. The fourth-order valence-electron chi connectivity index (χ4n) is 0.961. The first-order valence-electron chi connectivity index (χ1n) is 4.53. The molecule has 1 aliphatic rings. The minimum atomic E-state index is -4.35. The first-order chi connectivity index (χ1) is 8.03. The highest BCUT2D eigenvalue weighted by Crippen LogP contribution is 2.34. The Kier molecular flexibility index (Phi) is 3.82. The van der Waals surface area contributed by atoms with Crippen molar-refractivity contribution in [2.75, 3.05) is 11.7 Å². The standard InChI is InChI=1S/C9H7F3N2OS2/c10-9(11,12)4-15-7-2-1-6(3-13-7)14-8-16-5-17-8/h1-3H,4-5H2. The molecular formula is C9H7F3N2OS2. The molecule has 0 bridgehead atoms. The highest BCUT2D eigenvalue weighted by molar-refractivity contribution is 8.52. The lowest BCUT2D eigenvalue weighted by atomic mass is 10.4. The molecule has 0 aliphatic carbocycles. The van der Waals surface area contributed by atoms with Crippen molar-refractivity contribution in [2.45, 2.75) is 6.18 Å². The van der Waals surface area contributed by atoms with Gasteiger partial charge in [0.05, 0.1) is 17.0 Å². The maximum absolute atomic E-state index is 11.9. The minimum absolute atomic E-state index is 0.0554. The summed E-state index contributed by atoms with van der Waals surface area (Å²) in [7, 11) is 0. The topological polar surface area (TPSA) is 34.5 Å². The zero-order valence-electron chi connectivity index (χ0n) is 8.40. The molecule has 2 rings (SSSR count). The number of ether oxygens (including phenoxy) is 1. The molecule has 17 heavy (non-hydrogen) atoms. The Morgan fingerprint density at radius 1 is 1.35 bits per heavy atom. The summed E-state index contributed by atoms with van der Waals surface area (Å²) >= 11 is 3.25. The molecule has 0 atom stereocenters. The van der Waals surface area contributed by atoms with Crippen LogP contribution in [0.2, 0.25) is 0 Å². The van der Waals surface area contributed by atoms with E-state index in [4.69, 9.17) is 0 Å². The Hall–Kier alpha value is -0.890. The molecule has 0 aromatic carbocycles. The molecule has 8 heteroatoms. The zero-order valence-corrected chi connectivity index (χ0v) is 10.0. The second-order valence-corrected chi connectivity index (χ2v) is 5.59. The van der Waals surface area contributed by atoms with Gasteiger partial charge < -0.3 is 4.74 Å². The van der Waals surface area contributed by atoms with E-state index in [1.807, 2.05) is 0 Å². The summed E-state index contributed by atoms with van der Waals surface area (Å²) < 4.78 is 41.0. The third kappa shape index (κ3) is 4.12. The van der Waals surface area contributed by atoms with Crippen LogP contribution in [0.5, 0.6) is 5.88 Å². The van der Waals surface area contributed by atoms with E-state index in [9.17, 15) is 13.2 Å². The van der Waals surface area contributed by atoms with Crippen LogP contribution in [-0.4, -0.2) is 27.2 Å². The summed E-state index contributed by atoms with van der Waals surface area (Å²) in [5.41, 5.74) is 0.610. The summed E-state index contributed by atoms with van der Waals surface area (Å²) in [6.45, 7) is -1.33. The van der Waals surface area contributed by atoms with E-state index in [0.29, 0.717) is 5.69 Å². The van der Waals surface area contributed by atoms with Crippen LogP contribution in [0.1, 0.15) is 0 Å². The molecule has 0 saturated carbocycles. The monoisotopic (exact) mass is 280 g/mol. The second kappa shape index (κ2) is 5.18. The summed E-state index contributed by atoms with van der Waals surface area (Å²) in [6, 6.07) is 2.95. The van der Waals surface area contributed by atoms with Gasteiger partial charge in [0.2, 0.25) is 5.88 Å². The van der Waals surface area contributed by atoms with Gasteiger partial charge in [-0.3, -0.25) is 0 Å². The van der Waals surface area contributed by atoms with Crippen molar-refractivity contribution in [2.24, 2.45) is 4.99 Å². The number of thioether (sulfide) groups is 2. The van der Waals surface area contributed by atoms with E-state index in [1.54, 1.807) is 29.6 Å². The van der Waals surface area contributed by atoms with Gasteiger partial charge in [0.25, 0.3) is 0 Å². The van der Waals surface area contributed by atoms with Crippen LogP contribution in [0.25, 0.3) is 0 Å². The number of hydrogen-bond donors (Lipinski definition) is 0. The number of pyridine rings is 1. The fourth-order valence-corrected chi connectivity index (χ4v) is 2.19. The summed E-state index contributed by atoms with van der Waals surface area (Å²) in [4.78, 5) is 7.96. The Morgan fingerprint density at radius 3 is 2.59 bits per heavy atom. The van der Waals surface area contributed by atoms with Crippen LogP contribution in [0, 0.1) is 0 Å². The SMILES string of the molecule is FC(F)(F)COc1ccc(N=C2SCS2)cn1. The van der Waals surface area contributed by atoms with Gasteiger partial charge in [-0.1, -0.05) is 23.5 Å². The van der Waals surface area contributed by atoms with Crippen molar-refractivity contribution >= 4 is 33.6 Å². The molecule has 2 heterocycles. The van der Waals surface area contributed by atoms with Crippen molar-refractivity contribution < 1.29 is 17.9 Å². The summed E-state index contributed by atoms with van der Waals surface area (Å²) in [5, 5.41) is 0.985. The predicted molar refractivity (Wildman–Crippen MR) is 62.9 cm³/mol. The maximum Gasteiger partial charge on any atom is 0.422 e. The average molecular weight is 280 g/mol. The van der Waals surface area contributed by atoms with Crippen LogP contribution in [0.4, 0.5) is 18.9 Å². The van der Waals surface area contributed by atoms with Crippen molar-refractivity contribution in [3.8, 4) is 5.88 Å². The molecule has 1 aromatic heterocycles. The van der Waals surface area contributed by atoms with Gasteiger partial charge in [-0.05, 0) is 6.07 Å². The van der Waals surface area contributed by atoms with Gasteiger partial charge in [0.1, 0.15) is 4.38 Å². The van der Waals surface area contributed by atoms with Gasteiger partial charge in [-0.2, -0.15) is 13.2 Å². The molecule has 0 radical (unpaired) electrons. The number of aromatic nitrogens is 1. The van der Waals surface area contributed by atoms with Gasteiger partial charge in [0, 0.05) is 6.07 Å². The Bertz CT molecular complexity index is 413. The van der Waals surface area contributed by atoms with Gasteiger partial charge >= 0.3 is 6.18 Å². The lowest BCUT2D eigenvalue weighted by Crippen LogP contribution is -2.19. The Balaban J connectivity index is 1.93. The average Bonchev–Trinajstić information content (AvgIpc) is 2.21. The quantitative estimate of drug-likeness (QED) is 0.849. The molecule has 1 fully saturated rings. The van der Waals surface area contributed by atoms with E-state index >= 15 is 0 Å². The highest BCUT2D eigenvalue weighted by Gasteiger charge is 2.28. The molecule has 92 valence electrons. The molecule has 3 nitrogen and oxygen atoms in total. The van der Waals surface area contributed by atoms with E-state index in [-0.39, 0.29) is 5.88 Å². The van der Waals surface area contributed by atoms with Crippen molar-refractivity contribution in [1.82, 2.24) is 4.98 Å². The lowest BCUT2D eigenvalue weighted by molar-refractivity contribution is -0.154. The second-order valence-electron chi connectivity index (χ2n) is 3.04. The molecular weight excluding hydrogens is 273 g/mol. The van der Waals surface area contributed by atoms with Crippen molar-refractivity contribution in [3.05, 3.63) is 18.3 Å². The number of nitrogens with zero attached hydrogens (tertiary/aromatic N) is 2. The summed E-state index contributed by atoms with van der Waals surface area (Å²) in [5.74, 6) is -0.0554. The van der Waals surface area contributed by atoms with Crippen LogP contribution in [0.3, 0.4) is 0 Å². The lowest BCUT2D eigenvalue weighted by Gasteiger charge is -2.12. The Labute approximate surface area is 104 Å². The van der Waals surface area contributed by atoms with Gasteiger partial charge in [-0.25, -0.2) is 9.98 Å². The van der Waals surface area contributed by atoms with E-state index in [2.05, 4.69) is 14.7 Å². The first-order valence-corrected chi connectivity index (χ1v) is 6.50. The number of halogens is 3. The van der Waals surface area contributed by atoms with Crippen LogP contribution in [0.15, 0.2) is 23.3 Å². The first kappa shape index (κ1) is 12.6. The van der Waals surface area contributed by atoms with Gasteiger partial charge in [0.15, 0.2) is 6.61 Å². The van der Waals surface area contributed by atoms with Crippen LogP contribution < -0.4 is 4.74 Å². The molecule has 0 unspecified atom stereocenters. The molecule has 1 saturated heterocycles. The summed E-state index contributed by atoms with van der Waals surface area (Å²) in [6.07, 6.45) is -2.96. The number of rotatable bonds is 3. The van der Waals surface area contributed by atoms with E-state index < -0.39 is 12.8 Å². The normalized spacial score (nSPS) is 15.4. The number of alkyl halides is 3. The van der Waals surface area contributed by atoms with E-state index in [0.717, 1.165) is 9.46 Å². The van der Waals surface area contributed by atoms with Gasteiger partial charge in [-0.15, -0.1) is 0 Å². The van der Waals surface area contributed by atoms with E-state index in [1.165, 1.54) is 12.3 Å². The number of aliphatic imine (C=N–C) groups is 1. The Morgan fingerprint density at radius 2 is 2.12 bits per heavy atom. The minimum Gasteiger partial charge on any atom is -0.468 e. The third-order valence-corrected chi connectivity index (χ3v) is 4.02. The smallest absolute Gasteiger partial charge is 0.422 e. The largest absolute Gasteiger partial charge is 0.468 e. The van der Waals surface area contributed by atoms with Crippen LogP contribution >= 0.6 is 23.5 Å². The number of hydrogen-bond acceptors (Lipinski definition) is 5. The van der Waals surface area contributed by atoms with Crippen molar-refractivity contribution in [3.63, 3.8) is 0 Å². The van der Waals surface area contributed by atoms with Crippen LogP contribution in [-0.2, 0) is 0 Å². The predicted octanol–water partition coefficient (Wildman–Crippen LogP) is 3.45. The maximum atomic E-state index is 11.9. The molecule has 1 aromatic rings. The highest BCUT2D eigenvalue weighted by atomic mass is 32.3. The molecule has 0 N–H and O–H groups in total. The van der Waals surface area contributed by atoms with Crippen molar-refractivity contribution in [1.29, 1.82) is 0 Å². The molecule has 0 amide bonds.